The fraction of sp³-hybridized carbons (Fsp3) is 0.526. The predicted molar refractivity (Wildman–Crippen MR) is 95.2 cm³/mol. The van der Waals surface area contributed by atoms with E-state index in [9.17, 15) is 31.9 Å². The van der Waals surface area contributed by atoms with Crippen molar-refractivity contribution in [1.82, 2.24) is 10.6 Å². The number of imide groups is 1. The van der Waals surface area contributed by atoms with Gasteiger partial charge < -0.3 is 5.32 Å². The summed E-state index contributed by atoms with van der Waals surface area (Å²) in [5, 5.41) is 3.18. The van der Waals surface area contributed by atoms with Crippen molar-refractivity contribution in [2.45, 2.75) is 56.8 Å². The summed E-state index contributed by atoms with van der Waals surface area (Å²) in [6.45, 7) is 0. The maximum Gasteiger partial charge on any atom is 0.440 e. The molecule has 1 saturated heterocycles. The second-order valence-electron chi connectivity index (χ2n) is 7.36. The van der Waals surface area contributed by atoms with Crippen LogP contribution in [0, 0.1) is 11.7 Å². The highest BCUT2D eigenvalue weighted by molar-refractivity contribution is 6.24. The van der Waals surface area contributed by atoms with Crippen molar-refractivity contribution in [3.63, 3.8) is 0 Å². The van der Waals surface area contributed by atoms with Crippen molar-refractivity contribution in [2.75, 3.05) is 4.90 Å². The van der Waals surface area contributed by atoms with Crippen LogP contribution >= 0.6 is 0 Å². The third-order valence-corrected chi connectivity index (χ3v) is 5.37. The zero-order valence-corrected chi connectivity index (χ0v) is 15.5. The number of carbonyl (C=O) groups is 3. The van der Waals surface area contributed by atoms with Gasteiger partial charge in [-0.2, -0.15) is 13.2 Å². The van der Waals surface area contributed by atoms with Crippen LogP contribution in [0.4, 0.5) is 28.0 Å². The number of hydrogen-bond acceptors (Lipinski definition) is 3. The molecule has 0 radical (unpaired) electrons. The Balaban J connectivity index is 1.80. The van der Waals surface area contributed by atoms with Gasteiger partial charge in [-0.3, -0.25) is 14.9 Å². The van der Waals surface area contributed by atoms with Gasteiger partial charge in [0, 0.05) is 6.42 Å². The van der Waals surface area contributed by atoms with E-state index in [1.807, 2.05) is 0 Å². The van der Waals surface area contributed by atoms with Crippen LogP contribution in [0.25, 0.3) is 0 Å². The van der Waals surface area contributed by atoms with E-state index in [0.717, 1.165) is 44.2 Å². The van der Waals surface area contributed by atoms with Crippen molar-refractivity contribution in [3.8, 4) is 0 Å². The molecule has 0 aromatic heterocycles. The average molecular weight is 415 g/mol. The van der Waals surface area contributed by atoms with E-state index in [1.165, 1.54) is 17.4 Å². The highest BCUT2D eigenvalue weighted by atomic mass is 19.4. The molecule has 2 fully saturated rings. The number of amides is 4. The Labute approximate surface area is 164 Å². The number of para-hydroxylation sites is 1. The van der Waals surface area contributed by atoms with E-state index in [2.05, 4.69) is 0 Å². The number of alkyl halides is 3. The van der Waals surface area contributed by atoms with Crippen LogP contribution in [-0.4, -0.2) is 29.7 Å². The highest BCUT2D eigenvalue weighted by Crippen LogP contribution is 2.36. The largest absolute Gasteiger partial charge is 0.440 e. The summed E-state index contributed by atoms with van der Waals surface area (Å²) in [5.74, 6) is -3.60. The monoisotopic (exact) mass is 415 g/mol. The molecule has 1 atom stereocenters. The van der Waals surface area contributed by atoms with Gasteiger partial charge in [0.25, 0.3) is 11.6 Å². The first kappa shape index (κ1) is 21.1. The van der Waals surface area contributed by atoms with Crippen LogP contribution in [0.3, 0.4) is 0 Å². The molecule has 1 aromatic rings. The van der Waals surface area contributed by atoms with Gasteiger partial charge in [0.1, 0.15) is 5.82 Å². The van der Waals surface area contributed by atoms with E-state index in [0.29, 0.717) is 6.42 Å². The van der Waals surface area contributed by atoms with Crippen LogP contribution in [-0.2, 0) is 9.59 Å². The summed E-state index contributed by atoms with van der Waals surface area (Å²) in [5.41, 5.74) is -4.26. The molecule has 4 amide bonds. The minimum Gasteiger partial charge on any atom is -0.318 e. The van der Waals surface area contributed by atoms with E-state index in [1.54, 1.807) is 5.32 Å². The van der Waals surface area contributed by atoms with Crippen LogP contribution in [0.1, 0.15) is 44.9 Å². The van der Waals surface area contributed by atoms with Gasteiger partial charge in [-0.05, 0) is 24.5 Å². The molecule has 2 N–H and O–H groups in total. The Morgan fingerprint density at radius 2 is 1.83 bits per heavy atom. The fourth-order valence-electron chi connectivity index (χ4n) is 3.81. The fourth-order valence-corrected chi connectivity index (χ4v) is 3.81. The Kier molecular flexibility index (Phi) is 5.81. The summed E-state index contributed by atoms with van der Waals surface area (Å²) in [4.78, 5) is 37.1. The number of urea groups is 1. The number of rotatable bonds is 5. The molecule has 0 unspecified atom stereocenters. The normalized spacial score (nSPS) is 23.2. The zero-order valence-electron chi connectivity index (χ0n) is 15.5. The second kappa shape index (κ2) is 8.00. The molecule has 1 aliphatic heterocycles. The number of carbonyl (C=O) groups excluding carboxylic acids is 3. The SMILES string of the molecule is O=C(CCC1CCCCC1)N[C@]1(C(F)(F)F)NC(=O)N(c2ccccc2F)C1=O. The molecule has 158 valence electrons. The quantitative estimate of drug-likeness (QED) is 0.570. The first-order valence-corrected chi connectivity index (χ1v) is 9.44. The van der Waals surface area contributed by atoms with Gasteiger partial charge in [-0.15, -0.1) is 0 Å². The predicted octanol–water partition coefficient (Wildman–Crippen LogP) is 3.62. The van der Waals surface area contributed by atoms with Crippen LogP contribution in [0.5, 0.6) is 0 Å². The number of nitrogens with one attached hydrogen (secondary N) is 2. The summed E-state index contributed by atoms with van der Waals surface area (Å²) in [6, 6.07) is 2.98. The summed E-state index contributed by atoms with van der Waals surface area (Å²) in [7, 11) is 0. The Morgan fingerprint density at radius 3 is 2.45 bits per heavy atom. The standard InChI is InChI=1S/C19H21F4N3O3/c20-13-8-4-5-9-14(13)26-16(28)18(19(21,22)23,25-17(26)29)24-15(27)11-10-12-6-2-1-3-7-12/h4-5,8-9,12H,1-3,6-7,10-11H2,(H,24,27)(H,25,29)/t18-/m0/s1. The molecule has 10 heteroatoms. The molecule has 0 spiro atoms. The van der Waals surface area contributed by atoms with Crippen molar-refractivity contribution < 1.29 is 31.9 Å². The lowest BCUT2D eigenvalue weighted by atomic mass is 9.86. The molecule has 29 heavy (non-hydrogen) atoms. The van der Waals surface area contributed by atoms with Crippen molar-refractivity contribution >= 4 is 23.5 Å². The summed E-state index contributed by atoms with van der Waals surface area (Å²) in [6.07, 6.45) is -0.157. The zero-order chi connectivity index (χ0) is 21.2. The molecule has 1 heterocycles. The van der Waals surface area contributed by atoms with Gasteiger partial charge in [0.15, 0.2) is 0 Å². The topological polar surface area (TPSA) is 78.5 Å². The van der Waals surface area contributed by atoms with Gasteiger partial charge in [0.05, 0.1) is 5.69 Å². The molecule has 1 saturated carbocycles. The smallest absolute Gasteiger partial charge is 0.318 e. The van der Waals surface area contributed by atoms with Gasteiger partial charge in [0.2, 0.25) is 5.91 Å². The molecular formula is C19H21F4N3O3. The molecule has 6 nitrogen and oxygen atoms in total. The van der Waals surface area contributed by atoms with Gasteiger partial charge in [-0.1, -0.05) is 44.2 Å². The summed E-state index contributed by atoms with van der Waals surface area (Å²) < 4.78 is 55.4. The summed E-state index contributed by atoms with van der Waals surface area (Å²) >= 11 is 0. The maximum absolute atomic E-state index is 14.0. The van der Waals surface area contributed by atoms with Gasteiger partial charge >= 0.3 is 12.2 Å². The van der Waals surface area contributed by atoms with Crippen LogP contribution in [0.2, 0.25) is 0 Å². The van der Waals surface area contributed by atoms with Crippen molar-refractivity contribution in [3.05, 3.63) is 30.1 Å². The number of anilines is 1. The van der Waals surface area contributed by atoms with Crippen molar-refractivity contribution in [2.24, 2.45) is 5.92 Å². The third kappa shape index (κ3) is 4.06. The number of benzene rings is 1. The molecule has 3 rings (SSSR count). The number of nitrogens with zero attached hydrogens (tertiary/aromatic N) is 1. The van der Waals surface area contributed by atoms with E-state index in [4.69, 9.17) is 0 Å². The van der Waals surface area contributed by atoms with Crippen LogP contribution < -0.4 is 15.5 Å². The lowest BCUT2D eigenvalue weighted by molar-refractivity contribution is -0.201. The lowest BCUT2D eigenvalue weighted by Gasteiger charge is -2.30. The Hall–Kier alpha value is -2.65. The molecular weight excluding hydrogens is 394 g/mol. The minimum atomic E-state index is -5.32. The molecule has 1 aliphatic carbocycles. The second-order valence-corrected chi connectivity index (χ2v) is 7.36. The van der Waals surface area contributed by atoms with Gasteiger partial charge in [-0.25, -0.2) is 14.1 Å². The molecule has 1 aromatic carbocycles. The first-order valence-electron chi connectivity index (χ1n) is 9.44. The number of hydrogen-bond donors (Lipinski definition) is 2. The molecule has 0 bridgehead atoms. The minimum absolute atomic E-state index is 0.0598. The highest BCUT2D eigenvalue weighted by Gasteiger charge is 2.69. The maximum atomic E-state index is 14.0. The molecule has 2 aliphatic rings. The lowest BCUT2D eigenvalue weighted by Crippen LogP contribution is -2.69. The van der Waals surface area contributed by atoms with E-state index >= 15 is 0 Å². The Bertz CT molecular complexity index is 808. The van der Waals surface area contributed by atoms with E-state index in [-0.39, 0.29) is 17.2 Å². The first-order chi connectivity index (χ1) is 13.7. The number of halogens is 4. The van der Waals surface area contributed by atoms with Crippen molar-refractivity contribution in [1.29, 1.82) is 0 Å². The van der Waals surface area contributed by atoms with E-state index < -0.39 is 41.2 Å². The third-order valence-electron chi connectivity index (χ3n) is 5.37. The Morgan fingerprint density at radius 1 is 1.17 bits per heavy atom. The average Bonchev–Trinajstić information content (AvgIpc) is 2.92. The van der Waals surface area contributed by atoms with Crippen LogP contribution in [0.15, 0.2) is 24.3 Å².